The fourth-order valence-corrected chi connectivity index (χ4v) is 4.04. The molecule has 0 aliphatic heterocycles. The number of nitrogens with one attached hydrogen (secondary N) is 2. The third-order valence-electron chi connectivity index (χ3n) is 4.47. The Labute approximate surface area is 163 Å². The number of anilines is 1. The first kappa shape index (κ1) is 19.2. The van der Waals surface area contributed by atoms with Gasteiger partial charge in [0.05, 0.1) is 11.3 Å². The molecule has 5 heteroatoms. The number of carbonyl (C=O) groups excluding carboxylic acids is 1. The summed E-state index contributed by atoms with van der Waals surface area (Å²) in [5.74, 6) is 0.875. The van der Waals surface area contributed by atoms with Gasteiger partial charge >= 0.3 is 0 Å². The van der Waals surface area contributed by atoms with Gasteiger partial charge in [-0.15, -0.1) is 11.8 Å². The summed E-state index contributed by atoms with van der Waals surface area (Å²) in [4.78, 5) is 28.0. The molecule has 0 bridgehead atoms. The van der Waals surface area contributed by atoms with Crippen LogP contribution in [0.5, 0.6) is 0 Å². The van der Waals surface area contributed by atoms with Crippen molar-refractivity contribution in [1.29, 1.82) is 0 Å². The summed E-state index contributed by atoms with van der Waals surface area (Å²) in [6, 6.07) is 11.6. The van der Waals surface area contributed by atoms with Crippen LogP contribution in [0.4, 0.5) is 5.69 Å². The maximum absolute atomic E-state index is 12.4. The average molecular weight is 381 g/mol. The summed E-state index contributed by atoms with van der Waals surface area (Å²) in [5.41, 5.74) is 6.89. The van der Waals surface area contributed by atoms with E-state index in [2.05, 4.69) is 10.3 Å². The molecule has 27 heavy (non-hydrogen) atoms. The van der Waals surface area contributed by atoms with Gasteiger partial charge in [0.25, 0.3) is 0 Å². The molecule has 3 rings (SSSR count). The number of aromatic amines is 1. The van der Waals surface area contributed by atoms with Crippen LogP contribution in [-0.4, -0.2) is 16.6 Å². The van der Waals surface area contributed by atoms with Crippen LogP contribution in [0.3, 0.4) is 0 Å². The zero-order valence-corrected chi connectivity index (χ0v) is 16.9. The van der Waals surface area contributed by atoms with Crippen LogP contribution in [0.2, 0.25) is 0 Å². The molecule has 0 aliphatic rings. The maximum atomic E-state index is 12.4. The van der Waals surface area contributed by atoms with E-state index in [1.807, 2.05) is 58.0 Å². The Balaban J connectivity index is 1.65. The van der Waals surface area contributed by atoms with Gasteiger partial charge in [-0.2, -0.15) is 0 Å². The zero-order chi connectivity index (χ0) is 19.6. The van der Waals surface area contributed by atoms with Gasteiger partial charge in [-0.3, -0.25) is 9.59 Å². The van der Waals surface area contributed by atoms with Crippen molar-refractivity contribution < 1.29 is 4.79 Å². The van der Waals surface area contributed by atoms with E-state index < -0.39 is 0 Å². The predicted molar refractivity (Wildman–Crippen MR) is 115 cm³/mol. The fraction of sp³-hybridized carbons (Fsp3) is 0.273. The Morgan fingerprint density at radius 2 is 1.74 bits per heavy atom. The number of benzene rings is 2. The molecule has 0 unspecified atom stereocenters. The number of carbonyl (C=O) groups is 1. The van der Waals surface area contributed by atoms with Gasteiger partial charge in [0.1, 0.15) is 0 Å². The number of hydrogen-bond acceptors (Lipinski definition) is 3. The average Bonchev–Trinajstić information content (AvgIpc) is 2.56. The van der Waals surface area contributed by atoms with Gasteiger partial charge in [-0.1, -0.05) is 23.8 Å². The number of fused-ring (bicyclic) bond motifs is 1. The summed E-state index contributed by atoms with van der Waals surface area (Å²) >= 11 is 1.49. The van der Waals surface area contributed by atoms with Gasteiger partial charge in [0.15, 0.2) is 5.43 Å². The number of amides is 1. The number of rotatable bonds is 5. The van der Waals surface area contributed by atoms with E-state index in [0.29, 0.717) is 11.5 Å². The van der Waals surface area contributed by atoms with Crippen molar-refractivity contribution in [2.75, 3.05) is 11.1 Å². The highest BCUT2D eigenvalue weighted by Crippen LogP contribution is 2.19. The van der Waals surface area contributed by atoms with E-state index in [1.54, 1.807) is 6.07 Å². The number of aryl methyl sites for hydroxylation is 4. The number of pyridine rings is 1. The maximum Gasteiger partial charge on any atom is 0.234 e. The Bertz CT molecular complexity index is 1070. The van der Waals surface area contributed by atoms with Crippen LogP contribution in [0, 0.1) is 27.7 Å². The van der Waals surface area contributed by atoms with Crippen molar-refractivity contribution in [2.45, 2.75) is 33.4 Å². The second-order valence-electron chi connectivity index (χ2n) is 7.02. The van der Waals surface area contributed by atoms with Crippen LogP contribution in [0.15, 0.2) is 41.2 Å². The van der Waals surface area contributed by atoms with E-state index in [9.17, 15) is 9.59 Å². The van der Waals surface area contributed by atoms with Gasteiger partial charge in [0.2, 0.25) is 5.91 Å². The highest BCUT2D eigenvalue weighted by atomic mass is 32.2. The summed E-state index contributed by atoms with van der Waals surface area (Å²) < 4.78 is 0. The van der Waals surface area contributed by atoms with E-state index in [4.69, 9.17) is 0 Å². The largest absolute Gasteiger partial charge is 0.357 e. The predicted octanol–water partition coefficient (Wildman–Crippen LogP) is 4.63. The molecule has 0 aliphatic carbocycles. The lowest BCUT2D eigenvalue weighted by Crippen LogP contribution is -2.15. The SMILES string of the molecule is Cc1ccc(NC(=O)CSCc2cc(=O)c3c(C)cc(C)cc3[nH]2)c(C)c1. The highest BCUT2D eigenvalue weighted by molar-refractivity contribution is 7.99. The normalized spacial score (nSPS) is 11.0. The lowest BCUT2D eigenvalue weighted by Gasteiger charge is -2.10. The molecule has 2 aromatic carbocycles. The van der Waals surface area contributed by atoms with Gasteiger partial charge < -0.3 is 10.3 Å². The first-order valence-electron chi connectivity index (χ1n) is 8.91. The third kappa shape index (κ3) is 4.61. The second-order valence-corrected chi connectivity index (χ2v) is 8.01. The summed E-state index contributed by atoms with van der Waals surface area (Å²) in [7, 11) is 0. The lowest BCUT2D eigenvalue weighted by molar-refractivity contribution is -0.113. The summed E-state index contributed by atoms with van der Waals surface area (Å²) in [6.45, 7) is 7.99. The molecule has 1 heterocycles. The quantitative estimate of drug-likeness (QED) is 0.678. The molecule has 0 saturated carbocycles. The molecule has 0 spiro atoms. The van der Waals surface area contributed by atoms with Crippen LogP contribution in [0.25, 0.3) is 10.9 Å². The van der Waals surface area contributed by atoms with Crippen molar-refractivity contribution in [1.82, 2.24) is 4.98 Å². The number of H-pyrrole nitrogens is 1. The van der Waals surface area contributed by atoms with Crippen LogP contribution < -0.4 is 10.7 Å². The molecule has 0 atom stereocenters. The topological polar surface area (TPSA) is 62.0 Å². The molecule has 3 aromatic rings. The lowest BCUT2D eigenvalue weighted by atomic mass is 10.1. The number of thioether (sulfide) groups is 1. The fourth-order valence-electron chi connectivity index (χ4n) is 3.30. The van der Waals surface area contributed by atoms with Crippen molar-refractivity contribution in [3.63, 3.8) is 0 Å². The Kier molecular flexibility index (Phi) is 5.71. The molecule has 2 N–H and O–H groups in total. The molecule has 1 aromatic heterocycles. The zero-order valence-electron chi connectivity index (χ0n) is 16.1. The van der Waals surface area contributed by atoms with Gasteiger partial charge in [-0.05, 0) is 56.5 Å². The minimum Gasteiger partial charge on any atom is -0.357 e. The van der Waals surface area contributed by atoms with Crippen LogP contribution in [-0.2, 0) is 10.5 Å². The minimum atomic E-state index is -0.0400. The molecule has 0 saturated heterocycles. The first-order chi connectivity index (χ1) is 12.8. The number of hydrogen-bond donors (Lipinski definition) is 2. The molecule has 140 valence electrons. The molecular weight excluding hydrogens is 356 g/mol. The van der Waals surface area contributed by atoms with E-state index in [-0.39, 0.29) is 11.3 Å². The minimum absolute atomic E-state index is 0.0246. The van der Waals surface area contributed by atoms with Gasteiger partial charge in [0, 0.05) is 28.6 Å². The van der Waals surface area contributed by atoms with E-state index in [0.717, 1.165) is 39.0 Å². The number of aromatic nitrogens is 1. The molecule has 0 radical (unpaired) electrons. The molecule has 0 fully saturated rings. The smallest absolute Gasteiger partial charge is 0.234 e. The Morgan fingerprint density at radius 1 is 1.00 bits per heavy atom. The van der Waals surface area contributed by atoms with Crippen molar-refractivity contribution in [2.24, 2.45) is 0 Å². The highest BCUT2D eigenvalue weighted by Gasteiger charge is 2.08. The Hall–Kier alpha value is -2.53. The van der Waals surface area contributed by atoms with E-state index >= 15 is 0 Å². The summed E-state index contributed by atoms with van der Waals surface area (Å²) in [6.07, 6.45) is 0. The van der Waals surface area contributed by atoms with Crippen LogP contribution >= 0.6 is 11.8 Å². The molecular formula is C22H24N2O2S. The van der Waals surface area contributed by atoms with Crippen molar-refractivity contribution >= 4 is 34.3 Å². The Morgan fingerprint density at radius 3 is 2.48 bits per heavy atom. The standard InChI is InChI=1S/C22H24N2O2S/c1-13-5-6-18(15(3)7-13)24-21(26)12-27-11-17-10-20(25)22-16(4)8-14(2)9-19(22)23-17/h5-10H,11-12H2,1-4H3,(H,23,25)(H,24,26). The van der Waals surface area contributed by atoms with E-state index in [1.165, 1.54) is 17.3 Å². The van der Waals surface area contributed by atoms with Crippen molar-refractivity contribution in [3.05, 3.63) is 74.6 Å². The van der Waals surface area contributed by atoms with Crippen LogP contribution in [0.1, 0.15) is 27.9 Å². The second kappa shape index (κ2) is 8.01. The summed E-state index contributed by atoms with van der Waals surface area (Å²) in [5, 5.41) is 3.69. The van der Waals surface area contributed by atoms with Gasteiger partial charge in [-0.25, -0.2) is 0 Å². The first-order valence-corrected chi connectivity index (χ1v) is 10.1. The monoisotopic (exact) mass is 380 g/mol. The third-order valence-corrected chi connectivity index (χ3v) is 5.45. The molecule has 1 amide bonds. The van der Waals surface area contributed by atoms with Crippen molar-refractivity contribution in [3.8, 4) is 0 Å². The molecule has 4 nitrogen and oxygen atoms in total.